The van der Waals surface area contributed by atoms with Gasteiger partial charge >= 0.3 is 48.6 Å². The summed E-state index contributed by atoms with van der Waals surface area (Å²) in [4.78, 5) is 59.2. The number of H-pyrrole nitrogens is 2. The monoisotopic (exact) mass is 2540 g/mol. The number of fused-ring (bicyclic) bond motifs is 2. The van der Waals surface area contributed by atoms with Crippen molar-refractivity contribution in [1.29, 1.82) is 0 Å². The number of carbonyl (C=O) groups is 3. The quantitative estimate of drug-likeness (QED) is 0.0179. The number of nitrogens with zero attached hydrogens (tertiary/aromatic N) is 5. The molecule has 2 heterocycles. The predicted octanol–water partition coefficient (Wildman–Crippen LogP) is 29.0. The Labute approximate surface area is 805 Å². The second kappa shape index (κ2) is 57.4. The summed E-state index contributed by atoms with van der Waals surface area (Å²) in [6.07, 6.45) is -22.8. The Morgan fingerprint density at radius 3 is 1.07 bits per heavy atom. The minimum absolute atomic E-state index is 0. The van der Waals surface area contributed by atoms with Gasteiger partial charge in [-0.2, -0.15) is 65.9 Å². The molecule has 122 heavy (non-hydrogen) atoms. The molecule has 0 spiro atoms. The number of hydrogen-bond donors (Lipinski definition) is 7. The van der Waals surface area contributed by atoms with Gasteiger partial charge in [0.15, 0.2) is 28.4 Å². The number of hydrogen-bond acceptors (Lipinski definition) is 5. The number of aromatic nitrogens is 2. The van der Waals surface area contributed by atoms with Crippen LogP contribution >= 0.6 is 165 Å². The van der Waals surface area contributed by atoms with E-state index in [0.717, 1.165) is 44.8 Å². The summed E-state index contributed by atoms with van der Waals surface area (Å²) in [5.74, 6) is -6.08. The minimum Gasteiger partial charge on any atom is -0.399 e. The van der Waals surface area contributed by atoms with E-state index in [9.17, 15) is 80.2 Å². The first-order chi connectivity index (χ1) is 56.0. The van der Waals surface area contributed by atoms with Crippen LogP contribution in [0.2, 0.25) is 0 Å². The Bertz CT molecular complexity index is 5230. The Balaban J connectivity index is 0. The van der Waals surface area contributed by atoms with Crippen molar-refractivity contribution >= 4 is 272 Å². The molecule has 9 aromatic carbocycles. The number of halogens is 22. The Morgan fingerprint density at radius 2 is 0.746 bits per heavy atom. The molecule has 0 aliphatic carbocycles. The SMILES string of the molecule is C.C.CI.IC(I)I.ICI.NCc1ccc2[nH]c(C(F)(F)F)cc2c1.[C-]#[N+]c1ccc(N)c(C)c1.[C-]#[N+]c1ccc(NC(=O)C(F)(F)F)c(C)c1.[C-]#[N+]c1ccc(NC(=O)C(F)(F)F)c(CC)c1.[C-]#[N+]c1ccc(NC(=O)C(F)(F)F)c(C[P+](c2ccccc2)(c2ccccc2)c2ccccc2)c1.[C-]#[N+]c1ccc2[nH]c(C(F)(F)F)cc2c1.[CH2-]I.[V]. The second-order valence-electron chi connectivity index (χ2n) is 23.1. The molecular weight excluding hydrogens is 2470 g/mol. The molecule has 0 bridgehead atoms. The van der Waals surface area contributed by atoms with Crippen LogP contribution < -0.4 is 43.3 Å². The van der Waals surface area contributed by atoms with Gasteiger partial charge in [0.05, 0.1) is 41.5 Å². The van der Waals surface area contributed by atoms with E-state index in [1.54, 1.807) is 60.0 Å². The maximum absolute atomic E-state index is 13.1. The van der Waals surface area contributed by atoms with Crippen molar-refractivity contribution in [2.45, 2.75) is 85.6 Å². The molecule has 1 radical (unpaired) electrons. The van der Waals surface area contributed by atoms with Crippen LogP contribution in [0.5, 0.6) is 0 Å². The van der Waals surface area contributed by atoms with Crippen molar-refractivity contribution in [1.82, 2.24) is 9.97 Å². The molecule has 649 valence electrons. The van der Waals surface area contributed by atoms with E-state index >= 15 is 0 Å². The normalized spacial score (nSPS) is 10.4. The van der Waals surface area contributed by atoms with Gasteiger partial charge in [0, 0.05) is 69.8 Å². The zero-order valence-electron chi connectivity index (χ0n) is 62.6. The fraction of sp³-hybridized carbons (Fsp3) is 0.193. The van der Waals surface area contributed by atoms with Gasteiger partial charge < -0.3 is 60.0 Å². The van der Waals surface area contributed by atoms with E-state index in [0.29, 0.717) is 80.4 Å². The number of benzene rings is 9. The number of amides is 3. The van der Waals surface area contributed by atoms with Crippen molar-refractivity contribution in [3.63, 3.8) is 0 Å². The number of anilines is 4. The fourth-order valence-corrected chi connectivity index (χ4v) is 14.2. The van der Waals surface area contributed by atoms with Crippen molar-refractivity contribution in [3.8, 4) is 0 Å². The van der Waals surface area contributed by atoms with Gasteiger partial charge in [-0.1, -0.05) is 267 Å². The summed E-state index contributed by atoms with van der Waals surface area (Å²) in [6, 6.07) is 58.8. The van der Waals surface area contributed by atoms with Gasteiger partial charge in [-0.05, 0) is 156 Å². The van der Waals surface area contributed by atoms with Crippen LogP contribution in [0.25, 0.3) is 46.0 Å². The zero-order valence-corrected chi connectivity index (χ0v) is 80.0. The molecule has 11 rings (SSSR count). The number of rotatable bonds is 10. The Morgan fingerprint density at radius 1 is 0.451 bits per heavy atom. The molecule has 0 fully saturated rings. The molecule has 39 heteroatoms. The van der Waals surface area contributed by atoms with E-state index in [4.69, 9.17) is 44.3 Å². The molecule has 0 atom stereocenters. The van der Waals surface area contributed by atoms with E-state index < -0.39 is 67.3 Å². The third-order valence-electron chi connectivity index (χ3n) is 15.3. The third kappa shape index (κ3) is 39.1. The van der Waals surface area contributed by atoms with Gasteiger partial charge in [0.25, 0.3) is 0 Å². The van der Waals surface area contributed by atoms with Gasteiger partial charge in [0.2, 0.25) is 0 Å². The molecule has 3 amide bonds. The third-order valence-corrected chi connectivity index (χ3v) is 19.7. The summed E-state index contributed by atoms with van der Waals surface area (Å²) >= 11 is 15.6. The number of aryl methyl sites for hydroxylation is 3. The standard InChI is InChI=1S/C28H20F3N2OP.C11H9F3N2O.C10H7F3N2O.C10H5F3N2.C10H9F3N2.C8H8N2.CHI3.CH2I2.CH3I.CH2I.2CH4.V/c1-32-22-17-18-26(33-27(34)28(29,30)31)21(19-22)20-35(23-11-5-2-6-12-23,24-13-7-3-8-14-24)25-15-9-4-10-16-25;1-3-7-6-8(15-2)4-5-9(7)16-10(17)11(12,13)14;1-6-5-7(14-2)3-4-8(6)15-9(16)10(11,12)13;1-14-7-2-3-8-6(4-7)5-9(15-8)10(11,12)13;11-10(12,13)9-4-7-3-6(5-14)1-2-8(7)15-9;1-6-5-7(10-2)3-4-8(6)9;2-1(3)4;2-1-3;2*1-2;;;/h2-19H,20H2;4-6H,3H2,1H3,(H,16,17);3-5H,1H3,(H,15,16);2-5,15H;1-4,15H,5,14H2;3-5H,9H2,1H3;1H;1H2;1H3;1H2;2*1H4;/q;;;;;;;;;-1;;;/p+1. The topological polar surface area (TPSA) is 193 Å². The van der Waals surface area contributed by atoms with Crippen molar-refractivity contribution in [2.75, 3.05) is 29.0 Å². The molecule has 0 aliphatic rings. The molecule has 15 nitrogen and oxygen atoms in total. The van der Waals surface area contributed by atoms with Crippen LogP contribution in [-0.2, 0) is 64.4 Å². The maximum Gasteiger partial charge on any atom is 0.471 e. The fourth-order valence-electron chi connectivity index (χ4n) is 9.96. The molecule has 0 unspecified atom stereocenters. The average molecular weight is 2540 g/mol. The second-order valence-corrected chi connectivity index (χ2v) is 41.9. The summed E-state index contributed by atoms with van der Waals surface area (Å²) in [5, 5.41) is 9.60. The number of aromatic amines is 2. The molecule has 0 saturated carbocycles. The van der Waals surface area contributed by atoms with Crippen molar-refractivity contribution < 1.29 is 98.8 Å². The Hall–Kier alpha value is -7.25. The van der Waals surface area contributed by atoms with E-state index in [-0.39, 0.29) is 56.2 Å². The van der Waals surface area contributed by atoms with Crippen molar-refractivity contribution in [2.24, 2.45) is 5.73 Å². The summed E-state index contributed by atoms with van der Waals surface area (Å²) in [7, 11) is -2.45. The molecule has 9 N–H and O–H groups in total. The minimum atomic E-state index is -5.03. The smallest absolute Gasteiger partial charge is 0.399 e. The van der Waals surface area contributed by atoms with Gasteiger partial charge in [-0.15, -0.1) is 0 Å². The number of carbonyl (C=O) groups excluding carboxylic acids is 3. The first-order valence-corrected chi connectivity index (χ1v) is 45.5. The summed E-state index contributed by atoms with van der Waals surface area (Å²) in [5.41, 5.74) is 16.3. The van der Waals surface area contributed by atoms with Crippen LogP contribution in [0.1, 0.15) is 61.0 Å². The van der Waals surface area contributed by atoms with E-state index in [1.807, 2.05) is 131 Å². The van der Waals surface area contributed by atoms with E-state index in [2.05, 4.69) is 175 Å². The van der Waals surface area contributed by atoms with Crippen LogP contribution in [0.3, 0.4) is 0 Å². The molecule has 11 aromatic rings. The van der Waals surface area contributed by atoms with Crippen LogP contribution in [0.15, 0.2) is 212 Å². The first-order valence-electron chi connectivity index (χ1n) is 33.0. The number of alkyl halides is 21. The number of nitrogen functional groups attached to an aromatic ring is 1. The Kier molecular flexibility index (Phi) is 54.9. The van der Waals surface area contributed by atoms with Crippen LogP contribution in [-0.4, -0.2) is 53.5 Å². The molecule has 2 aromatic heterocycles. The van der Waals surface area contributed by atoms with Gasteiger partial charge in [-0.3, -0.25) is 19.3 Å². The average Bonchev–Trinajstić information content (AvgIpc) is 1.03. The first kappa shape index (κ1) is 117. The van der Waals surface area contributed by atoms with Gasteiger partial charge in [0.1, 0.15) is 34.5 Å². The molecular formula is C83H75F15I7N12O3PV. The zero-order chi connectivity index (χ0) is 90.2. The van der Waals surface area contributed by atoms with Crippen LogP contribution in [0, 0.1) is 51.6 Å². The summed E-state index contributed by atoms with van der Waals surface area (Å²) in [6.45, 7) is 39.8. The summed E-state index contributed by atoms with van der Waals surface area (Å²) < 4.78 is 187. The predicted molar refractivity (Wildman–Crippen MR) is 519 cm³/mol. The molecule has 0 aliphatic heterocycles. The van der Waals surface area contributed by atoms with Crippen LogP contribution in [0.4, 0.5) is 117 Å². The number of nitrogens with one attached hydrogen (secondary N) is 5. The number of nitrogens with two attached hydrogens (primary N) is 2. The largest absolute Gasteiger partial charge is 0.471 e. The van der Waals surface area contributed by atoms with Gasteiger partial charge in [-0.25, -0.2) is 24.2 Å². The maximum atomic E-state index is 13.1. The van der Waals surface area contributed by atoms with Crippen molar-refractivity contribution in [3.05, 3.63) is 314 Å². The molecule has 0 saturated heterocycles. The van der Waals surface area contributed by atoms with E-state index in [1.165, 1.54) is 76.1 Å².